The van der Waals surface area contributed by atoms with E-state index in [1.54, 1.807) is 25.2 Å². The van der Waals surface area contributed by atoms with E-state index in [-0.39, 0.29) is 11.5 Å². The van der Waals surface area contributed by atoms with Crippen molar-refractivity contribution in [2.75, 3.05) is 0 Å². The first-order chi connectivity index (χ1) is 14.4. The quantitative estimate of drug-likeness (QED) is 0.504. The molecule has 0 saturated carbocycles. The number of aromatic nitrogens is 2. The second-order valence-electron chi connectivity index (χ2n) is 7.70. The lowest BCUT2D eigenvalue weighted by Gasteiger charge is -2.17. The number of fused-ring (bicyclic) bond motifs is 1. The van der Waals surface area contributed by atoms with Crippen molar-refractivity contribution in [1.29, 1.82) is 0 Å². The average Bonchev–Trinajstić information content (AvgIpc) is 2.74. The monoisotopic (exact) mass is 425 g/mol. The van der Waals surface area contributed by atoms with E-state index in [2.05, 4.69) is 17.2 Å². The first-order valence-corrected chi connectivity index (χ1v) is 10.8. The van der Waals surface area contributed by atoms with Crippen LogP contribution in [0.1, 0.15) is 67.3 Å². The van der Waals surface area contributed by atoms with Crippen molar-refractivity contribution >= 4 is 28.4 Å². The Morgan fingerprint density at radius 1 is 1.13 bits per heavy atom. The minimum Gasteiger partial charge on any atom is -0.342 e. The third-order valence-corrected chi connectivity index (χ3v) is 5.58. The van der Waals surface area contributed by atoms with E-state index in [9.17, 15) is 9.59 Å². The molecule has 0 fully saturated rings. The Bertz CT molecular complexity index is 1090. The fourth-order valence-corrected chi connectivity index (χ4v) is 3.74. The van der Waals surface area contributed by atoms with Gasteiger partial charge in [0.05, 0.1) is 16.9 Å². The largest absolute Gasteiger partial charge is 0.342 e. The molecule has 0 radical (unpaired) electrons. The van der Waals surface area contributed by atoms with Gasteiger partial charge < -0.3 is 5.32 Å². The van der Waals surface area contributed by atoms with E-state index in [0.717, 1.165) is 6.42 Å². The number of hydrogen-bond acceptors (Lipinski definition) is 3. The molecule has 0 aliphatic carbocycles. The van der Waals surface area contributed by atoms with Crippen LogP contribution < -0.4 is 10.9 Å². The van der Waals surface area contributed by atoms with Crippen molar-refractivity contribution in [3.05, 3.63) is 74.8 Å². The zero-order valence-electron chi connectivity index (χ0n) is 17.7. The van der Waals surface area contributed by atoms with Gasteiger partial charge in [-0.15, -0.1) is 0 Å². The molecule has 0 bridgehead atoms. The highest BCUT2D eigenvalue weighted by atomic mass is 35.5. The van der Waals surface area contributed by atoms with Gasteiger partial charge in [0.1, 0.15) is 5.82 Å². The maximum atomic E-state index is 12.7. The molecule has 0 aliphatic heterocycles. The van der Waals surface area contributed by atoms with Gasteiger partial charge in [-0.2, -0.15) is 0 Å². The van der Waals surface area contributed by atoms with Crippen LogP contribution in [-0.2, 0) is 13.5 Å². The molecule has 1 atom stereocenters. The summed E-state index contributed by atoms with van der Waals surface area (Å²) < 4.78 is 1.47. The predicted octanol–water partition coefficient (Wildman–Crippen LogP) is 5.20. The summed E-state index contributed by atoms with van der Waals surface area (Å²) in [6, 6.07) is 12.3. The molecule has 5 nitrogen and oxygen atoms in total. The van der Waals surface area contributed by atoms with Crippen molar-refractivity contribution in [3.8, 4) is 0 Å². The first kappa shape index (κ1) is 22.0. The molecular formula is C24H28ClN3O2. The number of amides is 1. The fraction of sp³-hybridized carbons (Fsp3) is 0.375. The summed E-state index contributed by atoms with van der Waals surface area (Å²) in [4.78, 5) is 29.9. The number of unbranched alkanes of at least 4 members (excludes halogenated alkanes) is 3. The number of halogens is 1. The molecule has 0 aliphatic rings. The number of benzene rings is 2. The summed E-state index contributed by atoms with van der Waals surface area (Å²) >= 11 is 6.05. The first-order valence-electron chi connectivity index (χ1n) is 10.5. The van der Waals surface area contributed by atoms with Gasteiger partial charge >= 0.3 is 0 Å². The summed E-state index contributed by atoms with van der Waals surface area (Å²) in [7, 11) is 1.66. The van der Waals surface area contributed by atoms with Crippen LogP contribution in [0.25, 0.3) is 10.9 Å². The van der Waals surface area contributed by atoms with Crippen LogP contribution in [-0.4, -0.2) is 15.5 Å². The summed E-state index contributed by atoms with van der Waals surface area (Å²) in [5, 5.41) is 3.96. The molecule has 0 saturated heterocycles. The van der Waals surface area contributed by atoms with Crippen LogP contribution in [0.4, 0.5) is 0 Å². The number of nitrogens with zero attached hydrogens (tertiary/aromatic N) is 2. The molecule has 1 aromatic heterocycles. The smallest absolute Gasteiger partial charge is 0.261 e. The van der Waals surface area contributed by atoms with E-state index in [0.29, 0.717) is 27.3 Å². The van der Waals surface area contributed by atoms with Crippen molar-refractivity contribution in [2.45, 2.75) is 52.0 Å². The highest BCUT2D eigenvalue weighted by Gasteiger charge is 2.17. The average molecular weight is 426 g/mol. The molecule has 30 heavy (non-hydrogen) atoms. The normalized spacial score (nSPS) is 12.1. The topological polar surface area (TPSA) is 64.0 Å². The Morgan fingerprint density at radius 3 is 2.57 bits per heavy atom. The van der Waals surface area contributed by atoms with E-state index in [1.807, 2.05) is 31.2 Å². The standard InChI is InChI=1S/C24H28ClN3O2/c1-4-5-6-7-8-17-9-11-18(12-10-17)23(29)26-16(2)22-27-21-15-19(25)13-14-20(21)24(30)28(22)3/h9-16H,4-8H2,1-3H3,(H,26,29). The van der Waals surface area contributed by atoms with Crippen molar-refractivity contribution in [2.24, 2.45) is 7.05 Å². The van der Waals surface area contributed by atoms with Crippen LogP contribution >= 0.6 is 11.6 Å². The van der Waals surface area contributed by atoms with Gasteiger partial charge in [0.15, 0.2) is 0 Å². The predicted molar refractivity (Wildman–Crippen MR) is 122 cm³/mol. The minimum atomic E-state index is -0.438. The maximum Gasteiger partial charge on any atom is 0.261 e. The zero-order chi connectivity index (χ0) is 21.7. The van der Waals surface area contributed by atoms with E-state index < -0.39 is 6.04 Å². The second kappa shape index (κ2) is 9.90. The third kappa shape index (κ3) is 5.08. The van der Waals surface area contributed by atoms with Gasteiger partial charge in [0, 0.05) is 17.6 Å². The van der Waals surface area contributed by atoms with Crippen LogP contribution in [0.15, 0.2) is 47.3 Å². The van der Waals surface area contributed by atoms with Gasteiger partial charge in [-0.25, -0.2) is 4.98 Å². The maximum absolute atomic E-state index is 12.7. The molecule has 2 aromatic carbocycles. The van der Waals surface area contributed by atoms with Gasteiger partial charge in [0.25, 0.3) is 11.5 Å². The molecule has 3 rings (SSSR count). The second-order valence-corrected chi connectivity index (χ2v) is 8.13. The number of aryl methyl sites for hydroxylation is 1. The number of carbonyl (C=O) groups is 1. The number of rotatable bonds is 8. The number of carbonyl (C=O) groups excluding carboxylic acids is 1. The Morgan fingerprint density at radius 2 is 1.87 bits per heavy atom. The number of hydrogen-bond donors (Lipinski definition) is 1. The Kier molecular flexibility index (Phi) is 7.27. The lowest BCUT2D eigenvalue weighted by molar-refractivity contribution is 0.0937. The summed E-state index contributed by atoms with van der Waals surface area (Å²) in [6.07, 6.45) is 5.92. The van der Waals surface area contributed by atoms with Crippen LogP contribution in [0.2, 0.25) is 5.02 Å². The Balaban J connectivity index is 1.72. The van der Waals surface area contributed by atoms with Gasteiger partial charge in [0.2, 0.25) is 0 Å². The zero-order valence-corrected chi connectivity index (χ0v) is 18.5. The fourth-order valence-electron chi connectivity index (χ4n) is 3.57. The highest BCUT2D eigenvalue weighted by Crippen LogP contribution is 2.18. The summed E-state index contributed by atoms with van der Waals surface area (Å²) in [5.74, 6) is 0.288. The third-order valence-electron chi connectivity index (χ3n) is 5.34. The lowest BCUT2D eigenvalue weighted by atomic mass is 10.0. The molecule has 0 spiro atoms. The summed E-state index contributed by atoms with van der Waals surface area (Å²) in [5.41, 5.74) is 2.19. The summed E-state index contributed by atoms with van der Waals surface area (Å²) in [6.45, 7) is 4.02. The highest BCUT2D eigenvalue weighted by molar-refractivity contribution is 6.31. The van der Waals surface area contributed by atoms with Crippen LogP contribution in [0.5, 0.6) is 0 Å². The molecule has 1 heterocycles. The molecular weight excluding hydrogens is 398 g/mol. The molecule has 1 unspecified atom stereocenters. The molecule has 6 heteroatoms. The minimum absolute atomic E-state index is 0.166. The van der Waals surface area contributed by atoms with E-state index in [1.165, 1.54) is 35.8 Å². The molecule has 158 valence electrons. The molecule has 1 N–H and O–H groups in total. The number of nitrogens with one attached hydrogen (secondary N) is 1. The van der Waals surface area contributed by atoms with Crippen molar-refractivity contribution < 1.29 is 4.79 Å². The van der Waals surface area contributed by atoms with Gasteiger partial charge in [-0.1, -0.05) is 49.9 Å². The van der Waals surface area contributed by atoms with Gasteiger partial charge in [-0.3, -0.25) is 14.2 Å². The van der Waals surface area contributed by atoms with Crippen LogP contribution in [0.3, 0.4) is 0 Å². The Labute approximate surface area is 182 Å². The lowest BCUT2D eigenvalue weighted by Crippen LogP contribution is -2.32. The molecule has 3 aromatic rings. The van der Waals surface area contributed by atoms with Crippen molar-refractivity contribution in [1.82, 2.24) is 14.9 Å². The van der Waals surface area contributed by atoms with E-state index >= 15 is 0 Å². The Hall–Kier alpha value is -2.66. The van der Waals surface area contributed by atoms with Gasteiger partial charge in [-0.05, 0) is 55.7 Å². The van der Waals surface area contributed by atoms with Crippen molar-refractivity contribution in [3.63, 3.8) is 0 Å². The SMILES string of the molecule is CCCCCCc1ccc(C(=O)NC(C)c2nc3cc(Cl)ccc3c(=O)n2C)cc1. The van der Waals surface area contributed by atoms with Crippen LogP contribution in [0, 0.1) is 0 Å². The van der Waals surface area contributed by atoms with E-state index in [4.69, 9.17) is 11.6 Å². The molecule has 1 amide bonds.